The van der Waals surface area contributed by atoms with E-state index in [1.165, 1.54) is 9.71 Å². The van der Waals surface area contributed by atoms with Crippen LogP contribution in [0.2, 0.25) is 0 Å². The monoisotopic (exact) mass is 427 g/mol. The van der Waals surface area contributed by atoms with Crippen LogP contribution in [0.4, 0.5) is 0 Å². The molecule has 0 radical (unpaired) electrons. The molecular weight excluding hydrogens is 398 g/mol. The summed E-state index contributed by atoms with van der Waals surface area (Å²) in [5.41, 5.74) is 1.96. The Morgan fingerprint density at radius 2 is 1.57 bits per heavy atom. The van der Waals surface area contributed by atoms with E-state index in [0.29, 0.717) is 45.8 Å². The van der Waals surface area contributed by atoms with Crippen molar-refractivity contribution in [2.75, 3.05) is 39.3 Å². The number of likely N-dealkylation sites (N-methyl/N-ethyl adjacent to an activating group) is 1. The molecule has 7 heteroatoms. The first-order chi connectivity index (χ1) is 14.5. The summed E-state index contributed by atoms with van der Waals surface area (Å²) in [6, 6.07) is 19.3. The summed E-state index contributed by atoms with van der Waals surface area (Å²) in [4.78, 5) is 16.6. The first-order valence-electron chi connectivity index (χ1n) is 10.3. The van der Waals surface area contributed by atoms with E-state index in [4.69, 9.17) is 0 Å². The molecule has 1 aliphatic rings. The second-order valence-corrected chi connectivity index (χ2v) is 9.15. The Morgan fingerprint density at radius 3 is 2.17 bits per heavy atom. The van der Waals surface area contributed by atoms with Gasteiger partial charge in [0.2, 0.25) is 15.9 Å². The van der Waals surface area contributed by atoms with Crippen molar-refractivity contribution in [3.8, 4) is 0 Å². The van der Waals surface area contributed by atoms with Gasteiger partial charge in [-0.1, -0.05) is 60.7 Å². The molecule has 0 aliphatic carbocycles. The van der Waals surface area contributed by atoms with Crippen LogP contribution in [0.25, 0.3) is 6.08 Å². The molecule has 1 aliphatic heterocycles. The lowest BCUT2D eigenvalue weighted by molar-refractivity contribution is -0.133. The minimum atomic E-state index is -3.46. The number of hydrogen-bond acceptors (Lipinski definition) is 4. The van der Waals surface area contributed by atoms with Gasteiger partial charge in [-0.25, -0.2) is 8.42 Å². The Labute approximate surface area is 179 Å². The molecule has 30 heavy (non-hydrogen) atoms. The van der Waals surface area contributed by atoms with Gasteiger partial charge in [-0.3, -0.25) is 9.69 Å². The quantitative estimate of drug-likeness (QED) is 0.650. The molecule has 2 aromatic rings. The van der Waals surface area contributed by atoms with Crippen LogP contribution in [0.5, 0.6) is 0 Å². The van der Waals surface area contributed by atoms with E-state index in [-0.39, 0.29) is 5.91 Å². The Kier molecular flexibility index (Phi) is 7.79. The molecule has 0 N–H and O–H groups in total. The molecule has 0 aromatic heterocycles. The van der Waals surface area contributed by atoms with Gasteiger partial charge in [0.05, 0.1) is 6.54 Å². The maximum Gasteiger partial charge on any atom is 0.237 e. The second kappa shape index (κ2) is 10.5. The molecule has 1 amide bonds. The number of piperazine rings is 1. The molecule has 0 spiro atoms. The first-order valence-corrected chi connectivity index (χ1v) is 11.8. The van der Waals surface area contributed by atoms with Crippen molar-refractivity contribution in [2.24, 2.45) is 0 Å². The van der Waals surface area contributed by atoms with Crippen LogP contribution in [0, 0.1) is 0 Å². The summed E-state index contributed by atoms with van der Waals surface area (Å²) in [5.74, 6) is 0.0710. The number of benzene rings is 2. The molecule has 0 saturated carbocycles. The van der Waals surface area contributed by atoms with Gasteiger partial charge in [0.15, 0.2) is 0 Å². The lowest BCUT2D eigenvalue weighted by Gasteiger charge is -2.34. The number of nitrogens with zero attached hydrogens (tertiary/aromatic N) is 3. The number of hydrogen-bond donors (Lipinski definition) is 0. The molecule has 2 aromatic carbocycles. The van der Waals surface area contributed by atoms with Gasteiger partial charge in [-0.2, -0.15) is 4.31 Å². The van der Waals surface area contributed by atoms with Gasteiger partial charge in [0, 0.05) is 44.7 Å². The van der Waals surface area contributed by atoms with E-state index in [0.717, 1.165) is 11.1 Å². The zero-order chi connectivity index (χ0) is 21.4. The minimum Gasteiger partial charge on any atom is -0.338 e. The Hall–Kier alpha value is -2.48. The van der Waals surface area contributed by atoms with Gasteiger partial charge in [0.1, 0.15) is 0 Å². The summed E-state index contributed by atoms with van der Waals surface area (Å²) in [7, 11) is -3.46. The fourth-order valence-corrected chi connectivity index (χ4v) is 4.60. The second-order valence-electron chi connectivity index (χ2n) is 7.33. The van der Waals surface area contributed by atoms with E-state index in [9.17, 15) is 13.2 Å². The lowest BCUT2D eigenvalue weighted by atomic mass is 10.2. The molecule has 0 atom stereocenters. The van der Waals surface area contributed by atoms with Crippen LogP contribution in [-0.2, 0) is 21.4 Å². The van der Waals surface area contributed by atoms with Gasteiger partial charge in [-0.15, -0.1) is 0 Å². The normalized spacial score (nSPS) is 16.0. The largest absolute Gasteiger partial charge is 0.338 e. The van der Waals surface area contributed by atoms with Crippen molar-refractivity contribution in [3.05, 3.63) is 77.2 Å². The molecular formula is C23H29N3O3S. The average Bonchev–Trinajstić information content (AvgIpc) is 2.78. The fraction of sp³-hybridized carbons (Fsp3) is 0.348. The molecule has 0 bridgehead atoms. The van der Waals surface area contributed by atoms with Crippen LogP contribution in [0.15, 0.2) is 66.1 Å². The first kappa shape index (κ1) is 22.2. The standard InChI is InChI=1S/C23H29N3O3S/c1-2-25(19-22-11-7-4-8-12-22)23(27)20-24-14-16-26(17-15-24)30(28,29)18-13-21-9-5-3-6-10-21/h3-13,18H,2,14-17,19-20H2,1H3/b18-13-. The van der Waals surface area contributed by atoms with Gasteiger partial charge >= 0.3 is 0 Å². The molecule has 6 nitrogen and oxygen atoms in total. The van der Waals surface area contributed by atoms with Gasteiger partial charge < -0.3 is 4.90 Å². The van der Waals surface area contributed by atoms with Crippen molar-refractivity contribution < 1.29 is 13.2 Å². The predicted octanol–water partition coefficient (Wildman–Crippen LogP) is 2.65. The van der Waals surface area contributed by atoms with Crippen molar-refractivity contribution in [1.82, 2.24) is 14.1 Å². The molecule has 1 saturated heterocycles. The van der Waals surface area contributed by atoms with Crippen LogP contribution in [-0.4, -0.2) is 67.7 Å². The molecule has 1 fully saturated rings. The topological polar surface area (TPSA) is 60.9 Å². The molecule has 160 valence electrons. The average molecular weight is 428 g/mol. The zero-order valence-electron chi connectivity index (χ0n) is 17.4. The zero-order valence-corrected chi connectivity index (χ0v) is 18.2. The number of sulfonamides is 1. The van der Waals surface area contributed by atoms with E-state index in [1.54, 1.807) is 6.08 Å². The highest BCUT2D eigenvalue weighted by molar-refractivity contribution is 7.92. The third-order valence-electron chi connectivity index (χ3n) is 5.23. The molecule has 0 unspecified atom stereocenters. The van der Waals surface area contributed by atoms with Crippen molar-refractivity contribution >= 4 is 22.0 Å². The van der Waals surface area contributed by atoms with Crippen molar-refractivity contribution in [3.63, 3.8) is 0 Å². The highest BCUT2D eigenvalue weighted by Crippen LogP contribution is 2.12. The third kappa shape index (κ3) is 6.26. The van der Waals surface area contributed by atoms with Gasteiger partial charge in [0.25, 0.3) is 0 Å². The number of carbonyl (C=O) groups is 1. The highest BCUT2D eigenvalue weighted by Gasteiger charge is 2.26. The maximum atomic E-state index is 12.7. The predicted molar refractivity (Wildman–Crippen MR) is 120 cm³/mol. The van der Waals surface area contributed by atoms with Crippen molar-refractivity contribution in [1.29, 1.82) is 0 Å². The van der Waals surface area contributed by atoms with Crippen LogP contribution < -0.4 is 0 Å². The van der Waals surface area contributed by atoms with E-state index in [1.807, 2.05) is 77.4 Å². The summed E-state index contributed by atoms with van der Waals surface area (Å²) in [6.45, 7) is 5.40. The minimum absolute atomic E-state index is 0.0710. The maximum absolute atomic E-state index is 12.7. The van der Waals surface area contributed by atoms with E-state index in [2.05, 4.69) is 0 Å². The number of carbonyl (C=O) groups excluding carboxylic acids is 1. The summed E-state index contributed by atoms with van der Waals surface area (Å²) >= 11 is 0. The lowest BCUT2D eigenvalue weighted by Crippen LogP contribution is -2.51. The number of amides is 1. The Balaban J connectivity index is 1.51. The van der Waals surface area contributed by atoms with E-state index >= 15 is 0 Å². The van der Waals surface area contributed by atoms with Gasteiger partial charge in [-0.05, 0) is 24.1 Å². The molecule has 1 heterocycles. The van der Waals surface area contributed by atoms with Crippen LogP contribution in [0.3, 0.4) is 0 Å². The summed E-state index contributed by atoms with van der Waals surface area (Å²) in [6.07, 6.45) is 1.62. The third-order valence-corrected chi connectivity index (χ3v) is 6.80. The summed E-state index contributed by atoms with van der Waals surface area (Å²) < 4.78 is 26.7. The Bertz CT molecular complexity index is 938. The van der Waals surface area contributed by atoms with E-state index < -0.39 is 10.0 Å². The summed E-state index contributed by atoms with van der Waals surface area (Å²) in [5, 5.41) is 1.27. The SMILES string of the molecule is CCN(Cc1ccccc1)C(=O)CN1CCN(S(=O)(=O)/C=C\c2ccccc2)CC1. The van der Waals surface area contributed by atoms with Crippen LogP contribution >= 0.6 is 0 Å². The highest BCUT2D eigenvalue weighted by atomic mass is 32.2. The molecule has 3 rings (SSSR count). The van der Waals surface area contributed by atoms with Crippen LogP contribution in [0.1, 0.15) is 18.1 Å². The fourth-order valence-electron chi connectivity index (χ4n) is 3.43. The van der Waals surface area contributed by atoms with Crippen molar-refractivity contribution in [2.45, 2.75) is 13.5 Å². The smallest absolute Gasteiger partial charge is 0.237 e. The Morgan fingerprint density at radius 1 is 0.967 bits per heavy atom. The number of rotatable bonds is 8.